The number of halogens is 1. The Morgan fingerprint density at radius 3 is 2.03 bits per heavy atom. The first kappa shape index (κ1) is 22.4. The molecule has 2 N–H and O–H groups in total. The number of allylic oxidation sites excluding steroid dienone is 2. The third-order valence-electron chi connectivity index (χ3n) is 5.87. The summed E-state index contributed by atoms with van der Waals surface area (Å²) in [5, 5.41) is 14.8. The second-order valence-electron chi connectivity index (χ2n) is 7.81. The molecular formula is C20H25FN2O6S. The molecule has 1 saturated carbocycles. The maximum absolute atomic E-state index is 13.0. The molecule has 2 bridgehead atoms. The molecule has 0 radical (unpaired) electrons. The van der Waals surface area contributed by atoms with Crippen molar-refractivity contribution in [2.24, 2.45) is 17.8 Å². The SMILES string of the molecule is O=C(O)C(=O)O.O=S(=O)(c1ccc(F)cc1)N1CCN(CC2CC3C=CC2C3)CC1. The van der Waals surface area contributed by atoms with E-state index in [1.165, 1.54) is 41.4 Å². The van der Waals surface area contributed by atoms with E-state index in [1.54, 1.807) is 0 Å². The minimum absolute atomic E-state index is 0.176. The largest absolute Gasteiger partial charge is 0.473 e. The lowest BCUT2D eigenvalue weighted by Gasteiger charge is -2.36. The predicted octanol–water partition coefficient (Wildman–Crippen LogP) is 1.50. The molecule has 3 aliphatic rings. The van der Waals surface area contributed by atoms with Crippen molar-refractivity contribution in [2.45, 2.75) is 17.7 Å². The highest BCUT2D eigenvalue weighted by molar-refractivity contribution is 7.89. The molecule has 1 aromatic carbocycles. The number of hydrogen-bond donors (Lipinski definition) is 2. The van der Waals surface area contributed by atoms with Gasteiger partial charge in [-0.1, -0.05) is 12.2 Å². The highest BCUT2D eigenvalue weighted by atomic mass is 32.2. The van der Waals surface area contributed by atoms with Gasteiger partial charge in [0.1, 0.15) is 5.82 Å². The minimum Gasteiger partial charge on any atom is -0.473 e. The molecule has 1 heterocycles. The fourth-order valence-electron chi connectivity index (χ4n) is 4.34. The van der Waals surface area contributed by atoms with Crippen LogP contribution < -0.4 is 0 Å². The summed E-state index contributed by atoms with van der Waals surface area (Å²) in [5.41, 5.74) is 0. The van der Waals surface area contributed by atoms with Crippen LogP contribution in [0.15, 0.2) is 41.3 Å². The quantitative estimate of drug-likeness (QED) is 0.539. The molecule has 0 amide bonds. The van der Waals surface area contributed by atoms with E-state index in [4.69, 9.17) is 19.8 Å². The first-order valence-corrected chi connectivity index (χ1v) is 11.2. The van der Waals surface area contributed by atoms with E-state index in [0.29, 0.717) is 13.1 Å². The van der Waals surface area contributed by atoms with Crippen molar-refractivity contribution >= 4 is 22.0 Å². The van der Waals surface area contributed by atoms with Gasteiger partial charge in [0.15, 0.2) is 0 Å². The van der Waals surface area contributed by atoms with Gasteiger partial charge in [0.2, 0.25) is 10.0 Å². The number of fused-ring (bicyclic) bond motifs is 2. The molecule has 0 aromatic heterocycles. The number of piperazine rings is 1. The molecule has 3 unspecified atom stereocenters. The number of carbonyl (C=O) groups is 2. The second-order valence-corrected chi connectivity index (χ2v) is 9.75. The van der Waals surface area contributed by atoms with Gasteiger partial charge < -0.3 is 15.1 Å². The molecular weight excluding hydrogens is 415 g/mol. The number of aliphatic carboxylic acids is 2. The van der Waals surface area contributed by atoms with Crippen molar-refractivity contribution in [3.05, 3.63) is 42.2 Å². The smallest absolute Gasteiger partial charge is 0.414 e. The van der Waals surface area contributed by atoms with Crippen LogP contribution in [0, 0.1) is 23.6 Å². The average Bonchev–Trinajstić information content (AvgIpc) is 3.32. The maximum atomic E-state index is 13.0. The van der Waals surface area contributed by atoms with Gasteiger partial charge in [-0.2, -0.15) is 4.31 Å². The molecule has 0 spiro atoms. The van der Waals surface area contributed by atoms with Gasteiger partial charge in [0.25, 0.3) is 0 Å². The third kappa shape index (κ3) is 5.24. The summed E-state index contributed by atoms with van der Waals surface area (Å²) in [4.78, 5) is 20.8. The summed E-state index contributed by atoms with van der Waals surface area (Å²) < 4.78 is 39.8. The van der Waals surface area contributed by atoms with Crippen molar-refractivity contribution in [1.82, 2.24) is 9.21 Å². The highest BCUT2D eigenvalue weighted by Gasteiger charge is 2.37. The Labute approximate surface area is 174 Å². The van der Waals surface area contributed by atoms with Crippen LogP contribution in [0.2, 0.25) is 0 Å². The van der Waals surface area contributed by atoms with E-state index in [0.717, 1.165) is 37.4 Å². The second kappa shape index (κ2) is 9.23. The van der Waals surface area contributed by atoms with Crippen molar-refractivity contribution in [1.29, 1.82) is 0 Å². The lowest BCUT2D eigenvalue weighted by molar-refractivity contribution is -0.159. The van der Waals surface area contributed by atoms with Crippen LogP contribution in [0.5, 0.6) is 0 Å². The van der Waals surface area contributed by atoms with Crippen LogP contribution in [-0.2, 0) is 19.6 Å². The van der Waals surface area contributed by atoms with Gasteiger partial charge in [-0.25, -0.2) is 22.4 Å². The van der Waals surface area contributed by atoms with Crippen molar-refractivity contribution < 1.29 is 32.6 Å². The monoisotopic (exact) mass is 440 g/mol. The van der Waals surface area contributed by atoms with Crippen molar-refractivity contribution in [3.63, 3.8) is 0 Å². The van der Waals surface area contributed by atoms with E-state index < -0.39 is 27.8 Å². The number of benzene rings is 1. The Hall–Kier alpha value is -2.30. The Morgan fingerprint density at radius 1 is 0.967 bits per heavy atom. The van der Waals surface area contributed by atoms with Crippen molar-refractivity contribution in [3.8, 4) is 0 Å². The van der Waals surface area contributed by atoms with Crippen LogP contribution in [0.1, 0.15) is 12.8 Å². The zero-order valence-electron chi connectivity index (χ0n) is 16.4. The molecule has 10 heteroatoms. The lowest BCUT2D eigenvalue weighted by atomic mass is 9.93. The van der Waals surface area contributed by atoms with Gasteiger partial charge >= 0.3 is 11.9 Å². The summed E-state index contributed by atoms with van der Waals surface area (Å²) in [7, 11) is -3.51. The van der Waals surface area contributed by atoms with E-state index in [9.17, 15) is 12.8 Å². The zero-order chi connectivity index (χ0) is 21.9. The Kier molecular flexibility index (Phi) is 6.89. The number of rotatable bonds is 4. The van der Waals surface area contributed by atoms with Crippen LogP contribution in [0.25, 0.3) is 0 Å². The fourth-order valence-corrected chi connectivity index (χ4v) is 5.77. The molecule has 1 aliphatic heterocycles. The van der Waals surface area contributed by atoms with Gasteiger partial charge in [-0.15, -0.1) is 0 Å². The fraction of sp³-hybridized carbons (Fsp3) is 0.500. The number of sulfonamides is 1. The van der Waals surface area contributed by atoms with E-state index in [2.05, 4.69) is 17.1 Å². The first-order valence-electron chi connectivity index (χ1n) is 9.79. The molecule has 1 aromatic rings. The highest BCUT2D eigenvalue weighted by Crippen LogP contribution is 2.43. The van der Waals surface area contributed by atoms with Crippen LogP contribution in [0.4, 0.5) is 4.39 Å². The molecule has 30 heavy (non-hydrogen) atoms. The molecule has 2 aliphatic carbocycles. The van der Waals surface area contributed by atoms with Gasteiger partial charge in [-0.3, -0.25) is 0 Å². The standard InChI is InChI=1S/C18H23FN2O2S.C2H2O4/c19-17-3-5-18(6-4-17)24(22,23)21-9-7-20(8-10-21)13-16-12-14-1-2-15(16)11-14;3-1(4)2(5)6/h1-6,14-16H,7-13H2;(H,3,4)(H,5,6). The minimum atomic E-state index is -3.51. The average molecular weight is 440 g/mol. The number of hydrogen-bond acceptors (Lipinski definition) is 5. The van der Waals surface area contributed by atoms with Gasteiger partial charge in [-0.05, 0) is 54.9 Å². The lowest BCUT2D eigenvalue weighted by Crippen LogP contribution is -2.49. The molecule has 2 fully saturated rings. The van der Waals surface area contributed by atoms with Crippen LogP contribution in [0.3, 0.4) is 0 Å². The molecule has 164 valence electrons. The summed E-state index contributed by atoms with van der Waals surface area (Å²) in [6.45, 7) is 3.65. The zero-order valence-corrected chi connectivity index (χ0v) is 17.2. The van der Waals surface area contributed by atoms with Gasteiger partial charge in [0, 0.05) is 32.7 Å². The topological polar surface area (TPSA) is 115 Å². The number of nitrogens with zero attached hydrogens (tertiary/aromatic N) is 2. The third-order valence-corrected chi connectivity index (χ3v) is 7.79. The van der Waals surface area contributed by atoms with Gasteiger partial charge in [0.05, 0.1) is 4.90 Å². The summed E-state index contributed by atoms with van der Waals surface area (Å²) >= 11 is 0. The maximum Gasteiger partial charge on any atom is 0.414 e. The number of carboxylic acid groups (broad SMARTS) is 2. The summed E-state index contributed by atoms with van der Waals surface area (Å²) in [5.74, 6) is -1.82. The van der Waals surface area contributed by atoms with Crippen LogP contribution in [-0.4, -0.2) is 72.5 Å². The van der Waals surface area contributed by atoms with Crippen LogP contribution >= 0.6 is 0 Å². The Morgan fingerprint density at radius 2 is 1.57 bits per heavy atom. The summed E-state index contributed by atoms with van der Waals surface area (Å²) in [6.07, 6.45) is 7.32. The summed E-state index contributed by atoms with van der Waals surface area (Å²) in [6, 6.07) is 5.09. The molecule has 4 rings (SSSR count). The predicted molar refractivity (Wildman–Crippen MR) is 106 cm³/mol. The molecule has 1 saturated heterocycles. The Balaban J connectivity index is 0.000000377. The van der Waals surface area contributed by atoms with E-state index >= 15 is 0 Å². The molecule has 8 nitrogen and oxygen atoms in total. The van der Waals surface area contributed by atoms with E-state index in [-0.39, 0.29) is 4.90 Å². The van der Waals surface area contributed by atoms with Crippen molar-refractivity contribution in [2.75, 3.05) is 32.7 Å². The molecule has 3 atom stereocenters. The first-order chi connectivity index (χ1) is 14.2. The normalized spacial score (nSPS) is 26.2. The number of carboxylic acids is 2. The Bertz CT molecular complexity index is 898. The van der Waals surface area contributed by atoms with E-state index in [1.807, 2.05) is 0 Å².